The Balaban J connectivity index is 1.94. The van der Waals surface area contributed by atoms with Gasteiger partial charge in [-0.3, -0.25) is 14.2 Å². The van der Waals surface area contributed by atoms with Crippen molar-refractivity contribution >= 4 is 11.3 Å². The first kappa shape index (κ1) is 20.7. The minimum Gasteiger partial charge on any atom is -0.311 e. The molecule has 6 heteroatoms. The molecule has 0 aliphatic rings. The second kappa shape index (κ2) is 8.38. The number of nitriles is 2. The van der Waals surface area contributed by atoms with E-state index in [0.717, 1.165) is 0 Å². The van der Waals surface area contributed by atoms with Crippen LogP contribution in [0.25, 0.3) is 22.3 Å². The van der Waals surface area contributed by atoms with Crippen molar-refractivity contribution < 1.29 is 4.79 Å². The van der Waals surface area contributed by atoms with Gasteiger partial charge in [0.25, 0.3) is 5.56 Å². The standard InChI is InChI=1S/C28H16N4O2/c29-17-19-11-13-20(14-12-19)28(34)27-25(22-8-2-1-7-21(22)18-30)26(23-9-3-5-15-31(23)27)32-16-6-4-10-24(32)33/h1-16H. The lowest BCUT2D eigenvalue weighted by molar-refractivity contribution is 0.103. The summed E-state index contributed by atoms with van der Waals surface area (Å²) in [6.45, 7) is 0. The predicted octanol–water partition coefficient (Wildman–Crippen LogP) is 4.73. The molecule has 0 unspecified atom stereocenters. The van der Waals surface area contributed by atoms with Gasteiger partial charge >= 0.3 is 0 Å². The normalized spacial score (nSPS) is 10.5. The van der Waals surface area contributed by atoms with Gasteiger partial charge in [0.05, 0.1) is 34.5 Å². The minimum absolute atomic E-state index is 0.257. The molecule has 0 N–H and O–H groups in total. The van der Waals surface area contributed by atoms with Gasteiger partial charge in [-0.2, -0.15) is 10.5 Å². The van der Waals surface area contributed by atoms with Gasteiger partial charge in [-0.05, 0) is 48.5 Å². The third kappa shape index (κ3) is 3.28. The Kier molecular flexibility index (Phi) is 5.10. The van der Waals surface area contributed by atoms with Crippen molar-refractivity contribution in [1.29, 1.82) is 10.5 Å². The van der Waals surface area contributed by atoms with Crippen LogP contribution < -0.4 is 5.56 Å². The molecule has 0 fully saturated rings. The number of carbonyl (C=O) groups excluding carboxylic acids is 1. The number of pyridine rings is 2. The Hall–Kier alpha value is -5.20. The summed E-state index contributed by atoms with van der Waals surface area (Å²) in [5.41, 5.74) is 3.51. The van der Waals surface area contributed by atoms with Crippen molar-refractivity contribution in [3.8, 4) is 29.0 Å². The highest BCUT2D eigenvalue weighted by atomic mass is 16.1. The molecular weight excluding hydrogens is 424 g/mol. The zero-order valence-electron chi connectivity index (χ0n) is 17.8. The zero-order chi connectivity index (χ0) is 23.7. The van der Waals surface area contributed by atoms with Gasteiger partial charge in [0, 0.05) is 35.2 Å². The lowest BCUT2D eigenvalue weighted by atomic mass is 9.95. The molecule has 0 bridgehead atoms. The number of nitrogens with zero attached hydrogens (tertiary/aromatic N) is 4. The lowest BCUT2D eigenvalue weighted by Gasteiger charge is -2.11. The molecule has 0 atom stereocenters. The van der Waals surface area contributed by atoms with Crippen LogP contribution in [0, 0.1) is 22.7 Å². The van der Waals surface area contributed by atoms with Crippen molar-refractivity contribution in [3.05, 3.63) is 130 Å². The minimum atomic E-state index is -0.288. The fourth-order valence-corrected chi connectivity index (χ4v) is 4.16. The van der Waals surface area contributed by atoms with Gasteiger partial charge in [-0.1, -0.05) is 30.3 Å². The van der Waals surface area contributed by atoms with E-state index >= 15 is 0 Å². The summed E-state index contributed by atoms with van der Waals surface area (Å²) in [4.78, 5) is 26.8. The SMILES string of the molecule is N#Cc1ccc(C(=O)c2c(-c3ccccc3C#N)c(-n3ccccc3=O)c3ccccn23)cc1. The van der Waals surface area contributed by atoms with Gasteiger partial charge in [0.1, 0.15) is 5.69 Å². The van der Waals surface area contributed by atoms with E-state index in [1.807, 2.05) is 12.1 Å². The van der Waals surface area contributed by atoms with Crippen molar-refractivity contribution in [2.75, 3.05) is 0 Å². The fraction of sp³-hybridized carbons (Fsp3) is 0. The molecule has 160 valence electrons. The zero-order valence-corrected chi connectivity index (χ0v) is 17.8. The highest BCUT2D eigenvalue weighted by molar-refractivity contribution is 6.15. The van der Waals surface area contributed by atoms with Crippen LogP contribution in [0.2, 0.25) is 0 Å². The molecule has 0 radical (unpaired) electrons. The summed E-state index contributed by atoms with van der Waals surface area (Å²) in [5, 5.41) is 19.0. The number of rotatable bonds is 4. The van der Waals surface area contributed by atoms with Crippen molar-refractivity contribution in [1.82, 2.24) is 8.97 Å². The van der Waals surface area contributed by atoms with E-state index < -0.39 is 0 Å². The molecule has 3 aromatic heterocycles. The molecule has 0 aliphatic carbocycles. The number of hydrogen-bond acceptors (Lipinski definition) is 4. The average Bonchev–Trinajstić information content (AvgIpc) is 3.23. The number of fused-ring (bicyclic) bond motifs is 1. The number of carbonyl (C=O) groups is 1. The molecule has 0 aliphatic heterocycles. The Morgan fingerprint density at radius 2 is 1.47 bits per heavy atom. The van der Waals surface area contributed by atoms with Gasteiger partial charge in [-0.25, -0.2) is 0 Å². The molecule has 5 rings (SSSR count). The summed E-state index contributed by atoms with van der Waals surface area (Å²) < 4.78 is 3.24. The number of hydrogen-bond donors (Lipinski definition) is 0. The third-order valence-corrected chi connectivity index (χ3v) is 5.69. The van der Waals surface area contributed by atoms with Gasteiger partial charge < -0.3 is 4.40 Å². The predicted molar refractivity (Wildman–Crippen MR) is 128 cm³/mol. The van der Waals surface area contributed by atoms with Crippen molar-refractivity contribution in [2.45, 2.75) is 0 Å². The molecule has 0 spiro atoms. The van der Waals surface area contributed by atoms with Crippen LogP contribution in [-0.2, 0) is 0 Å². The van der Waals surface area contributed by atoms with E-state index in [9.17, 15) is 14.9 Å². The maximum Gasteiger partial charge on any atom is 0.255 e. The highest BCUT2D eigenvalue weighted by Crippen LogP contribution is 2.38. The summed E-state index contributed by atoms with van der Waals surface area (Å²) in [6, 6.07) is 28.0. The van der Waals surface area contributed by atoms with E-state index in [1.165, 1.54) is 10.6 Å². The van der Waals surface area contributed by atoms with E-state index in [1.54, 1.807) is 83.5 Å². The summed E-state index contributed by atoms with van der Waals surface area (Å²) >= 11 is 0. The Morgan fingerprint density at radius 3 is 2.21 bits per heavy atom. The Morgan fingerprint density at radius 1 is 0.765 bits per heavy atom. The number of ketones is 1. The maximum absolute atomic E-state index is 13.9. The Labute approximate surface area is 194 Å². The largest absolute Gasteiger partial charge is 0.311 e. The summed E-state index contributed by atoms with van der Waals surface area (Å²) in [7, 11) is 0. The maximum atomic E-state index is 13.9. The smallest absolute Gasteiger partial charge is 0.255 e. The summed E-state index contributed by atoms with van der Waals surface area (Å²) in [5.74, 6) is -0.288. The first-order valence-corrected chi connectivity index (χ1v) is 10.5. The van der Waals surface area contributed by atoms with Crippen LogP contribution in [-0.4, -0.2) is 14.8 Å². The van der Waals surface area contributed by atoms with Crippen LogP contribution >= 0.6 is 0 Å². The topological polar surface area (TPSA) is 91.1 Å². The van der Waals surface area contributed by atoms with E-state index in [2.05, 4.69) is 12.1 Å². The Bertz CT molecular complexity index is 1710. The van der Waals surface area contributed by atoms with Crippen molar-refractivity contribution in [2.24, 2.45) is 0 Å². The average molecular weight is 440 g/mol. The summed E-state index contributed by atoms with van der Waals surface area (Å²) in [6.07, 6.45) is 3.42. The van der Waals surface area contributed by atoms with Crippen LogP contribution in [0.1, 0.15) is 27.2 Å². The molecule has 0 saturated heterocycles. The monoisotopic (exact) mass is 440 g/mol. The molecule has 2 aromatic carbocycles. The molecule has 5 aromatic rings. The van der Waals surface area contributed by atoms with Crippen LogP contribution in [0.15, 0.2) is 102 Å². The van der Waals surface area contributed by atoms with Crippen molar-refractivity contribution in [3.63, 3.8) is 0 Å². The third-order valence-electron chi connectivity index (χ3n) is 5.69. The van der Waals surface area contributed by atoms with Crippen LogP contribution in [0.4, 0.5) is 0 Å². The quantitative estimate of drug-likeness (QED) is 0.378. The molecule has 0 saturated carbocycles. The number of aromatic nitrogens is 2. The first-order chi connectivity index (χ1) is 16.6. The molecule has 34 heavy (non-hydrogen) atoms. The molecule has 0 amide bonds. The molecule has 3 heterocycles. The second-order valence-corrected chi connectivity index (χ2v) is 7.61. The van der Waals surface area contributed by atoms with Crippen LogP contribution in [0.5, 0.6) is 0 Å². The first-order valence-electron chi connectivity index (χ1n) is 10.5. The van der Waals surface area contributed by atoms with E-state index in [-0.39, 0.29) is 11.3 Å². The lowest BCUT2D eigenvalue weighted by Crippen LogP contribution is -2.16. The molecule has 6 nitrogen and oxygen atoms in total. The van der Waals surface area contributed by atoms with E-state index in [0.29, 0.717) is 44.7 Å². The molecular formula is C28H16N4O2. The highest BCUT2D eigenvalue weighted by Gasteiger charge is 2.28. The van der Waals surface area contributed by atoms with E-state index in [4.69, 9.17) is 5.26 Å². The fourth-order valence-electron chi connectivity index (χ4n) is 4.16. The van der Waals surface area contributed by atoms with Gasteiger partial charge in [0.2, 0.25) is 5.78 Å². The van der Waals surface area contributed by atoms with Gasteiger partial charge in [-0.15, -0.1) is 0 Å². The number of benzene rings is 2. The second-order valence-electron chi connectivity index (χ2n) is 7.61. The van der Waals surface area contributed by atoms with Gasteiger partial charge in [0.15, 0.2) is 0 Å². The van der Waals surface area contributed by atoms with Crippen LogP contribution in [0.3, 0.4) is 0 Å².